The molecular weight excluding hydrogens is 427 g/mol. The SMILES string of the molecule is O=c1oc(-c2ccc(F)cc2)nn1CN1CCC(c2nc3cc(Cl)ccc3s2)CC1. The van der Waals surface area contributed by atoms with Crippen LogP contribution in [0.3, 0.4) is 0 Å². The van der Waals surface area contributed by atoms with E-state index < -0.39 is 5.76 Å². The molecule has 0 unspecified atom stereocenters. The lowest BCUT2D eigenvalue weighted by atomic mass is 9.98. The molecule has 0 aliphatic carbocycles. The molecule has 0 radical (unpaired) electrons. The van der Waals surface area contributed by atoms with E-state index in [9.17, 15) is 9.18 Å². The van der Waals surface area contributed by atoms with Gasteiger partial charge in [-0.3, -0.25) is 4.90 Å². The van der Waals surface area contributed by atoms with Crippen molar-refractivity contribution < 1.29 is 8.81 Å². The van der Waals surface area contributed by atoms with E-state index in [1.54, 1.807) is 23.5 Å². The minimum Gasteiger partial charge on any atom is -0.388 e. The van der Waals surface area contributed by atoms with Crippen molar-refractivity contribution in [3.05, 3.63) is 68.9 Å². The number of likely N-dealkylation sites (tertiary alicyclic amines) is 1. The second-order valence-electron chi connectivity index (χ2n) is 7.38. The number of rotatable bonds is 4. The summed E-state index contributed by atoms with van der Waals surface area (Å²) in [4.78, 5) is 19.1. The Morgan fingerprint density at radius 1 is 1.17 bits per heavy atom. The summed E-state index contributed by atoms with van der Waals surface area (Å²) in [7, 11) is 0. The second-order valence-corrected chi connectivity index (χ2v) is 8.88. The first kappa shape index (κ1) is 19.4. The summed E-state index contributed by atoms with van der Waals surface area (Å²) in [6.07, 6.45) is 1.93. The van der Waals surface area contributed by atoms with E-state index >= 15 is 0 Å². The molecule has 0 saturated carbocycles. The third-order valence-electron chi connectivity index (χ3n) is 5.33. The molecule has 30 heavy (non-hydrogen) atoms. The summed E-state index contributed by atoms with van der Waals surface area (Å²) in [6.45, 7) is 2.05. The van der Waals surface area contributed by atoms with Crippen molar-refractivity contribution in [2.45, 2.75) is 25.4 Å². The van der Waals surface area contributed by atoms with Crippen molar-refractivity contribution >= 4 is 33.2 Å². The first-order valence-electron chi connectivity index (χ1n) is 9.67. The summed E-state index contributed by atoms with van der Waals surface area (Å²) < 4.78 is 20.8. The Morgan fingerprint density at radius 2 is 1.93 bits per heavy atom. The highest BCUT2D eigenvalue weighted by Gasteiger charge is 2.24. The highest BCUT2D eigenvalue weighted by atomic mass is 35.5. The van der Waals surface area contributed by atoms with Gasteiger partial charge in [-0.2, -0.15) is 4.68 Å². The summed E-state index contributed by atoms with van der Waals surface area (Å²) in [5.41, 5.74) is 1.52. The standard InChI is InChI=1S/C21H18ClFN4O2S/c22-15-3-6-18-17(11-15)24-20(30-18)14-7-9-26(10-8-14)12-27-21(28)29-19(25-27)13-1-4-16(23)5-2-13/h1-6,11,14H,7-10,12H2. The van der Waals surface area contributed by atoms with E-state index in [1.165, 1.54) is 16.8 Å². The number of thiazole rings is 1. The molecule has 1 fully saturated rings. The maximum absolute atomic E-state index is 13.1. The second kappa shape index (κ2) is 7.94. The van der Waals surface area contributed by atoms with Crippen LogP contribution in [-0.4, -0.2) is 32.8 Å². The molecule has 4 aromatic rings. The lowest BCUT2D eigenvalue weighted by Gasteiger charge is -2.30. The van der Waals surface area contributed by atoms with Gasteiger partial charge in [-0.1, -0.05) is 11.6 Å². The van der Waals surface area contributed by atoms with Gasteiger partial charge in [-0.05, 0) is 55.3 Å². The largest absolute Gasteiger partial charge is 0.438 e. The van der Waals surface area contributed by atoms with Crippen molar-refractivity contribution in [2.24, 2.45) is 0 Å². The van der Waals surface area contributed by atoms with Gasteiger partial charge in [0.1, 0.15) is 12.5 Å². The van der Waals surface area contributed by atoms with E-state index in [-0.39, 0.29) is 11.7 Å². The van der Waals surface area contributed by atoms with Crippen molar-refractivity contribution in [1.82, 2.24) is 19.7 Å². The summed E-state index contributed by atoms with van der Waals surface area (Å²) in [5.74, 6) is -0.261. The molecule has 2 aromatic carbocycles. The fraction of sp³-hybridized carbons (Fsp3) is 0.286. The molecular formula is C21H18ClFN4O2S. The first-order valence-corrected chi connectivity index (χ1v) is 10.9. The molecule has 2 aromatic heterocycles. The van der Waals surface area contributed by atoms with E-state index in [4.69, 9.17) is 21.0 Å². The van der Waals surface area contributed by atoms with Crippen LogP contribution in [0.4, 0.5) is 4.39 Å². The fourth-order valence-electron chi connectivity index (χ4n) is 3.71. The predicted molar refractivity (Wildman–Crippen MR) is 114 cm³/mol. The van der Waals surface area contributed by atoms with Crippen LogP contribution in [0.1, 0.15) is 23.8 Å². The number of aromatic nitrogens is 3. The van der Waals surface area contributed by atoms with Crippen LogP contribution in [0.25, 0.3) is 21.7 Å². The smallest absolute Gasteiger partial charge is 0.388 e. The molecule has 1 saturated heterocycles. The Hall–Kier alpha value is -2.55. The molecule has 0 amide bonds. The molecule has 6 nitrogen and oxygen atoms in total. The van der Waals surface area contributed by atoms with E-state index in [2.05, 4.69) is 10.00 Å². The van der Waals surface area contributed by atoms with Gasteiger partial charge in [0.2, 0.25) is 5.89 Å². The Labute approximate surface area is 180 Å². The molecule has 5 rings (SSSR count). The van der Waals surface area contributed by atoms with Gasteiger partial charge in [-0.25, -0.2) is 14.2 Å². The summed E-state index contributed by atoms with van der Waals surface area (Å²) in [6, 6.07) is 11.5. The van der Waals surface area contributed by atoms with Gasteiger partial charge >= 0.3 is 5.76 Å². The van der Waals surface area contributed by atoms with E-state index in [1.807, 2.05) is 18.2 Å². The Balaban J connectivity index is 1.25. The minimum absolute atomic E-state index is 0.197. The highest BCUT2D eigenvalue weighted by molar-refractivity contribution is 7.18. The summed E-state index contributed by atoms with van der Waals surface area (Å²) in [5, 5.41) is 6.11. The number of piperidine rings is 1. The molecule has 9 heteroatoms. The van der Waals surface area contributed by atoms with E-state index in [0.717, 1.165) is 41.2 Å². The molecule has 0 bridgehead atoms. The average Bonchev–Trinajstić information content (AvgIpc) is 3.32. The molecule has 1 aliphatic heterocycles. The predicted octanol–water partition coefficient (Wildman–Crippen LogP) is 4.74. The first-order chi connectivity index (χ1) is 14.5. The van der Waals surface area contributed by atoms with Gasteiger partial charge in [0.05, 0.1) is 15.2 Å². The third-order valence-corrected chi connectivity index (χ3v) is 6.77. The van der Waals surface area contributed by atoms with Crippen LogP contribution in [0.5, 0.6) is 0 Å². The molecule has 0 spiro atoms. The van der Waals surface area contributed by atoms with Gasteiger partial charge in [0, 0.05) is 29.6 Å². The number of halogens is 2. The van der Waals surface area contributed by atoms with Crippen molar-refractivity contribution in [1.29, 1.82) is 0 Å². The molecule has 3 heterocycles. The van der Waals surface area contributed by atoms with Crippen LogP contribution < -0.4 is 5.76 Å². The number of fused-ring (bicyclic) bond motifs is 1. The molecule has 0 atom stereocenters. The topological polar surface area (TPSA) is 64.2 Å². The Morgan fingerprint density at radius 3 is 2.70 bits per heavy atom. The Bertz CT molecular complexity index is 1240. The van der Waals surface area contributed by atoms with Crippen LogP contribution in [0.15, 0.2) is 51.7 Å². The minimum atomic E-state index is -0.514. The number of nitrogens with zero attached hydrogens (tertiary/aromatic N) is 4. The number of hydrogen-bond acceptors (Lipinski definition) is 6. The average molecular weight is 445 g/mol. The third kappa shape index (κ3) is 3.90. The van der Waals surface area contributed by atoms with Gasteiger partial charge in [0.15, 0.2) is 0 Å². The normalized spacial score (nSPS) is 15.8. The monoisotopic (exact) mass is 444 g/mol. The van der Waals surface area contributed by atoms with Gasteiger partial charge in [0.25, 0.3) is 0 Å². The Kier molecular flexibility index (Phi) is 5.14. The molecule has 154 valence electrons. The maximum atomic E-state index is 13.1. The zero-order valence-corrected chi connectivity index (χ0v) is 17.5. The van der Waals surface area contributed by atoms with Crippen molar-refractivity contribution in [2.75, 3.05) is 13.1 Å². The van der Waals surface area contributed by atoms with Crippen molar-refractivity contribution in [3.8, 4) is 11.5 Å². The number of hydrogen-bond donors (Lipinski definition) is 0. The molecule has 1 aliphatic rings. The highest BCUT2D eigenvalue weighted by Crippen LogP contribution is 2.34. The van der Waals surface area contributed by atoms with Crippen LogP contribution >= 0.6 is 22.9 Å². The van der Waals surface area contributed by atoms with Gasteiger partial charge in [-0.15, -0.1) is 16.4 Å². The lowest BCUT2D eigenvalue weighted by molar-refractivity contribution is 0.157. The molecule has 0 N–H and O–H groups in total. The van der Waals surface area contributed by atoms with Crippen LogP contribution in [0.2, 0.25) is 5.02 Å². The quantitative estimate of drug-likeness (QED) is 0.454. The fourth-order valence-corrected chi connectivity index (χ4v) is 4.99. The van der Waals surface area contributed by atoms with Crippen LogP contribution in [-0.2, 0) is 6.67 Å². The maximum Gasteiger partial charge on any atom is 0.438 e. The summed E-state index contributed by atoms with van der Waals surface area (Å²) >= 11 is 7.79. The van der Waals surface area contributed by atoms with Crippen molar-refractivity contribution in [3.63, 3.8) is 0 Å². The van der Waals surface area contributed by atoms with E-state index in [0.29, 0.717) is 23.2 Å². The number of benzene rings is 2. The van der Waals surface area contributed by atoms with Crippen LogP contribution in [0, 0.1) is 5.82 Å². The zero-order valence-electron chi connectivity index (χ0n) is 15.9. The zero-order chi connectivity index (χ0) is 20.7. The van der Waals surface area contributed by atoms with Gasteiger partial charge < -0.3 is 4.42 Å². The lowest BCUT2D eigenvalue weighted by Crippen LogP contribution is -2.37.